The van der Waals surface area contributed by atoms with Crippen LogP contribution in [-0.2, 0) is 0 Å². The van der Waals surface area contributed by atoms with Crippen molar-refractivity contribution in [1.29, 1.82) is 0 Å². The molecule has 0 fully saturated rings. The number of thiophene rings is 1. The Hall–Kier alpha value is -5.32. The fraction of sp³-hybridized carbons (Fsp3) is 0. The zero-order valence-corrected chi connectivity index (χ0v) is 23.3. The van der Waals surface area contributed by atoms with E-state index in [2.05, 4.69) is 126 Å². The van der Waals surface area contributed by atoms with Gasteiger partial charge in [-0.15, -0.1) is 11.3 Å². The first kappa shape index (κ1) is 23.4. The summed E-state index contributed by atoms with van der Waals surface area (Å²) in [5.74, 6) is 0.724. The normalized spacial score (nSPS) is 11.8. The van der Waals surface area contributed by atoms with E-state index in [0.29, 0.717) is 0 Å². The first-order chi connectivity index (χ1) is 20.8. The summed E-state index contributed by atoms with van der Waals surface area (Å²) in [6.07, 6.45) is 0. The summed E-state index contributed by atoms with van der Waals surface area (Å²) in [5.41, 5.74) is 7.45. The highest BCUT2D eigenvalue weighted by Crippen LogP contribution is 2.41. The molecule has 9 rings (SSSR count). The van der Waals surface area contributed by atoms with Crippen LogP contribution in [0.2, 0.25) is 0 Å². The van der Waals surface area contributed by atoms with Gasteiger partial charge in [-0.3, -0.25) is 0 Å². The van der Waals surface area contributed by atoms with Gasteiger partial charge in [-0.05, 0) is 42.5 Å². The van der Waals surface area contributed by atoms with Crippen molar-refractivity contribution in [3.63, 3.8) is 0 Å². The SMILES string of the molecule is c1ccc(-c2nc(-c3cccc(-n4c5ccccc5c5cc6sc7ccccc7c6cc54)c3)nc3ccccc23)cc1. The van der Waals surface area contributed by atoms with Gasteiger partial charge in [0.15, 0.2) is 5.82 Å². The summed E-state index contributed by atoms with van der Waals surface area (Å²) in [6, 6.07) is 49.4. The van der Waals surface area contributed by atoms with Crippen LogP contribution in [0.4, 0.5) is 0 Å². The second kappa shape index (κ2) is 9.10. The number of fused-ring (bicyclic) bond motifs is 7. The van der Waals surface area contributed by atoms with E-state index in [1.165, 1.54) is 42.0 Å². The van der Waals surface area contributed by atoms with E-state index in [-0.39, 0.29) is 0 Å². The van der Waals surface area contributed by atoms with Crippen LogP contribution in [-0.4, -0.2) is 14.5 Å². The van der Waals surface area contributed by atoms with Crippen LogP contribution in [0.1, 0.15) is 0 Å². The lowest BCUT2D eigenvalue weighted by atomic mass is 10.1. The molecule has 4 heteroatoms. The molecular weight excluding hydrogens is 531 g/mol. The molecular formula is C38H23N3S. The van der Waals surface area contributed by atoms with Gasteiger partial charge in [0.1, 0.15) is 0 Å². The number of aromatic nitrogens is 3. The van der Waals surface area contributed by atoms with Crippen LogP contribution in [0.5, 0.6) is 0 Å². The molecule has 3 heterocycles. The van der Waals surface area contributed by atoms with Crippen LogP contribution in [0.25, 0.3) is 81.2 Å². The zero-order chi connectivity index (χ0) is 27.6. The number of benzene rings is 6. The van der Waals surface area contributed by atoms with Crippen molar-refractivity contribution in [2.75, 3.05) is 0 Å². The lowest BCUT2D eigenvalue weighted by molar-refractivity contribution is 1.17. The maximum Gasteiger partial charge on any atom is 0.160 e. The largest absolute Gasteiger partial charge is 0.309 e. The van der Waals surface area contributed by atoms with E-state index in [9.17, 15) is 0 Å². The lowest BCUT2D eigenvalue weighted by Gasteiger charge is -2.12. The maximum atomic E-state index is 5.14. The standard InChI is InChI=1S/C38H23N3S/c1-2-11-24(12-3-1)37-29-17-4-7-18-32(29)39-38(40-37)25-13-10-14-26(21-25)41-33-19-8-5-15-27(33)30-23-36-31(22-34(30)41)28-16-6-9-20-35(28)42-36/h1-23H. The van der Waals surface area contributed by atoms with Gasteiger partial charge in [0.2, 0.25) is 0 Å². The van der Waals surface area contributed by atoms with Gasteiger partial charge in [-0.2, -0.15) is 0 Å². The van der Waals surface area contributed by atoms with E-state index in [0.717, 1.165) is 39.2 Å². The number of para-hydroxylation sites is 2. The fourth-order valence-electron chi connectivity index (χ4n) is 6.27. The molecule has 9 aromatic rings. The van der Waals surface area contributed by atoms with E-state index in [4.69, 9.17) is 9.97 Å². The van der Waals surface area contributed by atoms with Crippen molar-refractivity contribution >= 4 is 64.2 Å². The lowest BCUT2D eigenvalue weighted by Crippen LogP contribution is -1.97. The minimum Gasteiger partial charge on any atom is -0.309 e. The fourth-order valence-corrected chi connectivity index (χ4v) is 7.40. The van der Waals surface area contributed by atoms with Gasteiger partial charge in [0, 0.05) is 53.1 Å². The Balaban J connectivity index is 1.30. The van der Waals surface area contributed by atoms with Crippen LogP contribution in [0.3, 0.4) is 0 Å². The van der Waals surface area contributed by atoms with Gasteiger partial charge in [0.05, 0.1) is 22.2 Å². The predicted molar refractivity (Wildman–Crippen MR) is 178 cm³/mol. The van der Waals surface area contributed by atoms with Crippen LogP contribution < -0.4 is 0 Å². The third kappa shape index (κ3) is 3.52. The second-order valence-corrected chi connectivity index (χ2v) is 11.7. The topological polar surface area (TPSA) is 30.7 Å². The average Bonchev–Trinajstić information content (AvgIpc) is 3.58. The first-order valence-electron chi connectivity index (χ1n) is 14.1. The molecule has 0 aliphatic carbocycles. The zero-order valence-electron chi connectivity index (χ0n) is 22.5. The Morgan fingerprint density at radius 2 is 1.19 bits per heavy atom. The third-order valence-corrected chi connectivity index (χ3v) is 9.32. The molecule has 0 spiro atoms. The third-order valence-electron chi connectivity index (χ3n) is 8.18. The van der Waals surface area contributed by atoms with Gasteiger partial charge < -0.3 is 4.57 Å². The van der Waals surface area contributed by atoms with Crippen molar-refractivity contribution in [1.82, 2.24) is 14.5 Å². The van der Waals surface area contributed by atoms with E-state index in [1.54, 1.807) is 0 Å². The molecule has 0 bridgehead atoms. The molecule has 6 aromatic carbocycles. The Kier molecular flexibility index (Phi) is 5.07. The molecule has 196 valence electrons. The van der Waals surface area contributed by atoms with E-state index in [1.807, 2.05) is 29.5 Å². The number of hydrogen-bond acceptors (Lipinski definition) is 3. The smallest absolute Gasteiger partial charge is 0.160 e. The minimum absolute atomic E-state index is 0.724. The van der Waals surface area contributed by atoms with E-state index >= 15 is 0 Å². The summed E-state index contributed by atoms with van der Waals surface area (Å²) < 4.78 is 5.03. The van der Waals surface area contributed by atoms with E-state index < -0.39 is 0 Å². The maximum absolute atomic E-state index is 5.14. The van der Waals surface area contributed by atoms with Crippen molar-refractivity contribution in [3.05, 3.63) is 140 Å². The van der Waals surface area contributed by atoms with Crippen molar-refractivity contribution < 1.29 is 0 Å². The quantitative estimate of drug-likeness (QED) is 0.218. The average molecular weight is 554 g/mol. The van der Waals surface area contributed by atoms with Crippen LogP contribution in [0, 0.1) is 0 Å². The molecule has 0 N–H and O–H groups in total. The molecule has 0 amide bonds. The Labute approximate surface area is 246 Å². The number of nitrogens with zero attached hydrogens (tertiary/aromatic N) is 3. The molecule has 0 aliphatic heterocycles. The Morgan fingerprint density at radius 1 is 0.452 bits per heavy atom. The highest BCUT2D eigenvalue weighted by molar-refractivity contribution is 7.25. The summed E-state index contributed by atoms with van der Waals surface area (Å²) in [5, 5.41) is 6.18. The molecule has 3 nitrogen and oxygen atoms in total. The Bertz CT molecular complexity index is 2470. The highest BCUT2D eigenvalue weighted by atomic mass is 32.1. The molecule has 0 saturated heterocycles. The van der Waals surface area contributed by atoms with Crippen molar-refractivity contribution in [3.8, 4) is 28.3 Å². The van der Waals surface area contributed by atoms with Crippen molar-refractivity contribution in [2.45, 2.75) is 0 Å². The number of rotatable bonds is 3. The van der Waals surface area contributed by atoms with Crippen LogP contribution in [0.15, 0.2) is 140 Å². The van der Waals surface area contributed by atoms with Gasteiger partial charge in [-0.25, -0.2) is 9.97 Å². The van der Waals surface area contributed by atoms with Crippen LogP contribution >= 0.6 is 11.3 Å². The summed E-state index contributed by atoms with van der Waals surface area (Å²) >= 11 is 1.86. The van der Waals surface area contributed by atoms with Gasteiger partial charge in [-0.1, -0.05) is 97.1 Å². The monoisotopic (exact) mass is 553 g/mol. The van der Waals surface area contributed by atoms with Gasteiger partial charge in [0.25, 0.3) is 0 Å². The van der Waals surface area contributed by atoms with Crippen molar-refractivity contribution in [2.24, 2.45) is 0 Å². The highest BCUT2D eigenvalue weighted by Gasteiger charge is 2.17. The summed E-state index contributed by atoms with van der Waals surface area (Å²) in [7, 11) is 0. The second-order valence-electron chi connectivity index (χ2n) is 10.6. The Morgan fingerprint density at radius 3 is 2.10 bits per heavy atom. The van der Waals surface area contributed by atoms with Gasteiger partial charge >= 0.3 is 0 Å². The minimum atomic E-state index is 0.724. The summed E-state index contributed by atoms with van der Waals surface area (Å²) in [4.78, 5) is 10.2. The molecule has 0 unspecified atom stereocenters. The molecule has 0 atom stereocenters. The summed E-state index contributed by atoms with van der Waals surface area (Å²) in [6.45, 7) is 0. The molecule has 42 heavy (non-hydrogen) atoms. The molecule has 3 aromatic heterocycles. The predicted octanol–water partition coefficient (Wildman–Crippen LogP) is 10.4. The number of hydrogen-bond donors (Lipinski definition) is 0. The molecule has 0 radical (unpaired) electrons. The molecule has 0 aliphatic rings. The molecule has 0 saturated carbocycles. The first-order valence-corrected chi connectivity index (χ1v) is 14.9.